The van der Waals surface area contributed by atoms with Gasteiger partial charge in [0.2, 0.25) is 0 Å². The summed E-state index contributed by atoms with van der Waals surface area (Å²) in [5, 5.41) is 7.60. The van der Waals surface area contributed by atoms with Crippen LogP contribution in [0.1, 0.15) is 10.4 Å². The molecule has 0 radical (unpaired) electrons. The SMILES string of the molecule is COC(=O)c1cscc1Nc1nc(-c2cccnc2)nc2ccc(OC)cc12. The fraction of sp³-hybridized carbons (Fsp3) is 0.100. The van der Waals surface area contributed by atoms with Crippen LogP contribution in [0, 0.1) is 0 Å². The Labute approximate surface area is 165 Å². The third-order valence-corrected chi connectivity index (χ3v) is 4.89. The number of hydrogen-bond acceptors (Lipinski definition) is 8. The third kappa shape index (κ3) is 3.37. The molecular weight excluding hydrogens is 376 g/mol. The first-order chi connectivity index (χ1) is 13.7. The molecule has 0 aliphatic carbocycles. The Morgan fingerprint density at radius 2 is 2.04 bits per heavy atom. The molecule has 0 unspecified atom stereocenters. The second kappa shape index (κ2) is 7.61. The summed E-state index contributed by atoms with van der Waals surface area (Å²) in [5.74, 6) is 1.37. The number of fused-ring (bicyclic) bond motifs is 1. The molecule has 140 valence electrons. The summed E-state index contributed by atoms with van der Waals surface area (Å²) >= 11 is 1.40. The zero-order chi connectivity index (χ0) is 19.5. The number of thiophene rings is 1. The Balaban J connectivity index is 1.87. The molecule has 3 aromatic heterocycles. The molecule has 0 atom stereocenters. The first kappa shape index (κ1) is 17.9. The lowest BCUT2D eigenvalue weighted by Crippen LogP contribution is -2.05. The van der Waals surface area contributed by atoms with Crippen molar-refractivity contribution < 1.29 is 14.3 Å². The Morgan fingerprint density at radius 1 is 1.14 bits per heavy atom. The molecule has 0 amide bonds. The molecule has 0 saturated carbocycles. The van der Waals surface area contributed by atoms with Crippen LogP contribution in [0.3, 0.4) is 0 Å². The molecule has 28 heavy (non-hydrogen) atoms. The van der Waals surface area contributed by atoms with E-state index in [9.17, 15) is 4.79 Å². The molecule has 4 rings (SSSR count). The summed E-state index contributed by atoms with van der Waals surface area (Å²) < 4.78 is 10.2. The normalized spacial score (nSPS) is 10.6. The van der Waals surface area contributed by atoms with Gasteiger partial charge in [0.05, 0.1) is 31.0 Å². The van der Waals surface area contributed by atoms with E-state index in [1.807, 2.05) is 35.7 Å². The number of aromatic nitrogens is 3. The summed E-state index contributed by atoms with van der Waals surface area (Å²) in [5.41, 5.74) is 2.61. The summed E-state index contributed by atoms with van der Waals surface area (Å²) in [6, 6.07) is 9.30. The lowest BCUT2D eigenvalue weighted by atomic mass is 10.2. The van der Waals surface area contributed by atoms with E-state index < -0.39 is 5.97 Å². The maximum Gasteiger partial charge on any atom is 0.340 e. The van der Waals surface area contributed by atoms with Gasteiger partial charge in [-0.2, -0.15) is 0 Å². The number of anilines is 2. The fourth-order valence-corrected chi connectivity index (χ4v) is 3.49. The van der Waals surface area contributed by atoms with E-state index >= 15 is 0 Å². The van der Waals surface area contributed by atoms with E-state index in [-0.39, 0.29) is 0 Å². The molecular formula is C20H16N4O3S. The van der Waals surface area contributed by atoms with Crippen LogP contribution in [0.4, 0.5) is 11.5 Å². The number of nitrogens with one attached hydrogen (secondary N) is 1. The van der Waals surface area contributed by atoms with E-state index in [1.54, 1.807) is 24.9 Å². The molecule has 1 aromatic carbocycles. The highest BCUT2D eigenvalue weighted by molar-refractivity contribution is 7.08. The summed E-state index contributed by atoms with van der Waals surface area (Å²) in [4.78, 5) is 25.5. The van der Waals surface area contributed by atoms with Crippen LogP contribution in [0.15, 0.2) is 53.5 Å². The standard InChI is InChI=1S/C20H16N4O3S/c1-26-13-5-6-16-14(8-13)19(23-17-11-28-10-15(17)20(25)27-2)24-18(22-16)12-4-3-7-21-9-12/h3-11H,1-2H3,(H,22,23,24). The number of esters is 1. The number of nitrogens with zero attached hydrogens (tertiary/aromatic N) is 3. The van der Waals surface area contributed by atoms with Crippen molar-refractivity contribution in [3.05, 3.63) is 59.0 Å². The fourth-order valence-electron chi connectivity index (χ4n) is 2.74. The Morgan fingerprint density at radius 3 is 2.79 bits per heavy atom. The molecule has 4 aromatic rings. The van der Waals surface area contributed by atoms with E-state index in [4.69, 9.17) is 9.47 Å². The average Bonchev–Trinajstić information content (AvgIpc) is 3.21. The van der Waals surface area contributed by atoms with Gasteiger partial charge in [-0.05, 0) is 30.3 Å². The first-order valence-electron chi connectivity index (χ1n) is 8.37. The number of rotatable bonds is 5. The molecule has 1 N–H and O–H groups in total. The van der Waals surface area contributed by atoms with Crippen LogP contribution in [0.2, 0.25) is 0 Å². The zero-order valence-corrected chi connectivity index (χ0v) is 16.0. The van der Waals surface area contributed by atoms with Crippen molar-refractivity contribution in [1.82, 2.24) is 15.0 Å². The van der Waals surface area contributed by atoms with E-state index in [0.717, 1.165) is 16.5 Å². The maximum atomic E-state index is 12.0. The van der Waals surface area contributed by atoms with Gasteiger partial charge in [-0.3, -0.25) is 4.98 Å². The lowest BCUT2D eigenvalue weighted by molar-refractivity contribution is 0.0602. The van der Waals surface area contributed by atoms with Gasteiger partial charge in [0.1, 0.15) is 11.6 Å². The molecule has 0 saturated heterocycles. The number of benzene rings is 1. The molecule has 0 spiro atoms. The monoisotopic (exact) mass is 392 g/mol. The van der Waals surface area contributed by atoms with Gasteiger partial charge < -0.3 is 14.8 Å². The number of hydrogen-bond donors (Lipinski definition) is 1. The van der Waals surface area contributed by atoms with Gasteiger partial charge in [-0.15, -0.1) is 11.3 Å². The van der Waals surface area contributed by atoms with Crippen molar-refractivity contribution in [2.24, 2.45) is 0 Å². The van der Waals surface area contributed by atoms with Crippen molar-refractivity contribution in [3.63, 3.8) is 0 Å². The summed E-state index contributed by atoms with van der Waals surface area (Å²) in [6.45, 7) is 0. The Hall–Kier alpha value is -3.52. The van der Waals surface area contributed by atoms with E-state index in [2.05, 4.69) is 20.3 Å². The predicted octanol–water partition coefficient (Wildman–Crippen LogP) is 4.29. The quantitative estimate of drug-likeness (QED) is 0.507. The van der Waals surface area contributed by atoms with Crippen molar-refractivity contribution in [1.29, 1.82) is 0 Å². The number of pyridine rings is 1. The number of carbonyl (C=O) groups is 1. The number of ether oxygens (including phenoxy) is 2. The highest BCUT2D eigenvalue weighted by Gasteiger charge is 2.16. The van der Waals surface area contributed by atoms with Gasteiger partial charge in [-0.25, -0.2) is 14.8 Å². The second-order valence-electron chi connectivity index (χ2n) is 5.84. The van der Waals surface area contributed by atoms with Crippen molar-refractivity contribution in [2.75, 3.05) is 19.5 Å². The topological polar surface area (TPSA) is 86.2 Å². The van der Waals surface area contributed by atoms with Gasteiger partial charge in [-0.1, -0.05) is 0 Å². The molecule has 7 nitrogen and oxygen atoms in total. The minimum atomic E-state index is -0.410. The van der Waals surface area contributed by atoms with Crippen molar-refractivity contribution in [3.8, 4) is 17.1 Å². The highest BCUT2D eigenvalue weighted by atomic mass is 32.1. The second-order valence-corrected chi connectivity index (χ2v) is 6.58. The molecule has 0 fully saturated rings. The molecule has 0 aliphatic rings. The van der Waals surface area contributed by atoms with Crippen LogP contribution in [-0.4, -0.2) is 35.1 Å². The summed E-state index contributed by atoms with van der Waals surface area (Å²) in [6.07, 6.45) is 3.40. The largest absolute Gasteiger partial charge is 0.497 e. The minimum absolute atomic E-state index is 0.410. The van der Waals surface area contributed by atoms with Crippen molar-refractivity contribution >= 4 is 39.7 Å². The van der Waals surface area contributed by atoms with E-state index in [1.165, 1.54) is 18.4 Å². The van der Waals surface area contributed by atoms with Crippen LogP contribution in [0.25, 0.3) is 22.3 Å². The van der Waals surface area contributed by atoms with Crippen LogP contribution < -0.4 is 10.1 Å². The maximum absolute atomic E-state index is 12.0. The lowest BCUT2D eigenvalue weighted by Gasteiger charge is -2.12. The summed E-state index contributed by atoms with van der Waals surface area (Å²) in [7, 11) is 2.96. The average molecular weight is 392 g/mol. The van der Waals surface area contributed by atoms with Crippen LogP contribution in [0.5, 0.6) is 5.75 Å². The molecule has 8 heteroatoms. The number of carbonyl (C=O) groups excluding carboxylic acids is 1. The Bertz CT molecular complexity index is 1140. The number of methoxy groups -OCH3 is 2. The smallest absolute Gasteiger partial charge is 0.340 e. The van der Waals surface area contributed by atoms with Crippen LogP contribution in [-0.2, 0) is 4.74 Å². The van der Waals surface area contributed by atoms with Gasteiger partial charge in [0, 0.05) is 34.1 Å². The molecule has 0 aliphatic heterocycles. The third-order valence-electron chi connectivity index (χ3n) is 4.14. The van der Waals surface area contributed by atoms with E-state index in [0.29, 0.717) is 28.6 Å². The van der Waals surface area contributed by atoms with Gasteiger partial charge in [0.15, 0.2) is 5.82 Å². The zero-order valence-electron chi connectivity index (χ0n) is 15.2. The molecule has 0 bridgehead atoms. The van der Waals surface area contributed by atoms with Crippen molar-refractivity contribution in [2.45, 2.75) is 0 Å². The predicted molar refractivity (Wildman–Crippen MR) is 108 cm³/mol. The minimum Gasteiger partial charge on any atom is -0.497 e. The molecule has 3 heterocycles. The van der Waals surface area contributed by atoms with Crippen LogP contribution >= 0.6 is 11.3 Å². The first-order valence-corrected chi connectivity index (χ1v) is 9.31. The highest BCUT2D eigenvalue weighted by Crippen LogP contribution is 2.32. The Kier molecular flexibility index (Phi) is 4.86. The van der Waals surface area contributed by atoms with Gasteiger partial charge >= 0.3 is 5.97 Å². The van der Waals surface area contributed by atoms with Gasteiger partial charge in [0.25, 0.3) is 0 Å².